The van der Waals surface area contributed by atoms with Gasteiger partial charge in [-0.25, -0.2) is 0 Å². The number of rotatable bonds is 7. The molecular formula is C22H27ClO6. The molecule has 3 unspecified atom stereocenters. The molecule has 0 aromatic heterocycles. The maximum Gasteiger partial charge on any atom is 0.197 e. The normalized spacial score (nSPS) is 27.0. The van der Waals surface area contributed by atoms with Crippen LogP contribution in [0.2, 0.25) is 5.02 Å². The van der Waals surface area contributed by atoms with Crippen LogP contribution >= 0.6 is 11.6 Å². The van der Waals surface area contributed by atoms with E-state index in [2.05, 4.69) is 0 Å². The molecule has 0 saturated carbocycles. The van der Waals surface area contributed by atoms with Gasteiger partial charge in [-0.2, -0.15) is 0 Å². The Morgan fingerprint density at radius 2 is 1.90 bits per heavy atom. The molecule has 6 nitrogen and oxygen atoms in total. The fourth-order valence-electron chi connectivity index (χ4n) is 3.62. The molecule has 7 heteroatoms. The highest BCUT2D eigenvalue weighted by molar-refractivity contribution is 6.31. The molecule has 2 aromatic rings. The average molecular weight is 423 g/mol. The second kappa shape index (κ2) is 9.43. The zero-order valence-corrected chi connectivity index (χ0v) is 17.3. The summed E-state index contributed by atoms with van der Waals surface area (Å²) in [7, 11) is 1.47. The van der Waals surface area contributed by atoms with E-state index in [0.717, 1.165) is 16.9 Å². The lowest BCUT2D eigenvalue weighted by Crippen LogP contribution is -2.55. The minimum absolute atomic E-state index is 0.0330. The van der Waals surface area contributed by atoms with E-state index in [4.69, 9.17) is 25.8 Å². The van der Waals surface area contributed by atoms with Crippen molar-refractivity contribution in [2.24, 2.45) is 0 Å². The summed E-state index contributed by atoms with van der Waals surface area (Å²) in [6.07, 6.45) is -2.60. The molecular weight excluding hydrogens is 396 g/mol. The minimum atomic E-state index is -1.29. The number of methoxy groups -OCH3 is 1. The van der Waals surface area contributed by atoms with Gasteiger partial charge in [-0.1, -0.05) is 29.8 Å². The highest BCUT2D eigenvalue weighted by Gasteiger charge is 2.47. The molecule has 1 aliphatic rings. The molecule has 0 bridgehead atoms. The van der Waals surface area contributed by atoms with Gasteiger partial charge in [0.1, 0.15) is 18.0 Å². The maximum atomic E-state index is 10.3. The Morgan fingerprint density at radius 1 is 1.17 bits per heavy atom. The number of ether oxygens (including phenoxy) is 3. The Balaban J connectivity index is 1.89. The lowest BCUT2D eigenvalue weighted by atomic mass is 9.89. The van der Waals surface area contributed by atoms with Crippen LogP contribution in [0, 0.1) is 0 Å². The summed E-state index contributed by atoms with van der Waals surface area (Å²) in [4.78, 5) is 0. The molecule has 0 amide bonds. The molecule has 1 saturated heterocycles. The average Bonchev–Trinajstić information content (AvgIpc) is 2.73. The van der Waals surface area contributed by atoms with Gasteiger partial charge in [0.25, 0.3) is 0 Å². The van der Waals surface area contributed by atoms with E-state index < -0.39 is 30.7 Å². The highest BCUT2D eigenvalue weighted by Crippen LogP contribution is 2.40. The Kier molecular flexibility index (Phi) is 7.16. The van der Waals surface area contributed by atoms with Crippen molar-refractivity contribution >= 4 is 11.6 Å². The summed E-state index contributed by atoms with van der Waals surface area (Å²) in [5.74, 6) is -0.475. The van der Waals surface area contributed by atoms with Crippen molar-refractivity contribution in [1.29, 1.82) is 0 Å². The molecule has 0 radical (unpaired) electrons. The molecule has 29 heavy (non-hydrogen) atoms. The standard InChI is InChI=1S/C22H27ClO6/c1-3-28-17-7-4-14(5-8-17)10-15-11-16(6-9-18(15)23)22(27-2)12-19(25)21(26)20(13-24)29-22/h4-9,11,19-21,24-26H,3,10,12-13H2,1-2H3/t19?,20?,21-,22?/m0/s1. The number of benzene rings is 2. The summed E-state index contributed by atoms with van der Waals surface area (Å²) in [5, 5.41) is 30.4. The number of aliphatic hydroxyl groups excluding tert-OH is 3. The Labute approximate surface area is 175 Å². The lowest BCUT2D eigenvalue weighted by molar-refractivity contribution is -0.323. The van der Waals surface area contributed by atoms with Crippen molar-refractivity contribution < 1.29 is 29.5 Å². The van der Waals surface area contributed by atoms with Crippen molar-refractivity contribution in [3.63, 3.8) is 0 Å². The van der Waals surface area contributed by atoms with Gasteiger partial charge in [0, 0.05) is 24.1 Å². The van der Waals surface area contributed by atoms with E-state index >= 15 is 0 Å². The third-order valence-corrected chi connectivity index (χ3v) is 5.59. The van der Waals surface area contributed by atoms with Gasteiger partial charge in [0.15, 0.2) is 5.79 Å². The van der Waals surface area contributed by atoms with Gasteiger partial charge >= 0.3 is 0 Å². The van der Waals surface area contributed by atoms with E-state index in [9.17, 15) is 15.3 Å². The predicted octanol–water partition coefficient (Wildman–Crippen LogP) is 2.63. The molecule has 3 rings (SSSR count). The van der Waals surface area contributed by atoms with Gasteiger partial charge in [0.2, 0.25) is 0 Å². The third kappa shape index (κ3) is 4.74. The minimum Gasteiger partial charge on any atom is -0.494 e. The molecule has 3 N–H and O–H groups in total. The maximum absolute atomic E-state index is 10.3. The molecule has 158 valence electrons. The monoisotopic (exact) mass is 422 g/mol. The van der Waals surface area contributed by atoms with Gasteiger partial charge in [-0.3, -0.25) is 0 Å². The SMILES string of the molecule is CCOc1ccc(Cc2cc(C3(OC)CC(O)[C@H](O)C(CO)O3)ccc2Cl)cc1. The summed E-state index contributed by atoms with van der Waals surface area (Å²) >= 11 is 6.43. The molecule has 1 aliphatic heterocycles. The van der Waals surface area contributed by atoms with Gasteiger partial charge in [0.05, 0.1) is 19.3 Å². The van der Waals surface area contributed by atoms with Crippen molar-refractivity contribution in [3.05, 3.63) is 64.2 Å². The largest absolute Gasteiger partial charge is 0.494 e. The zero-order chi connectivity index (χ0) is 21.0. The van der Waals surface area contributed by atoms with Gasteiger partial charge < -0.3 is 29.5 Å². The summed E-state index contributed by atoms with van der Waals surface area (Å²) in [5.41, 5.74) is 2.59. The van der Waals surface area contributed by atoms with E-state index in [0.29, 0.717) is 23.6 Å². The number of hydrogen-bond acceptors (Lipinski definition) is 6. The first-order chi connectivity index (χ1) is 13.9. The van der Waals surface area contributed by atoms with E-state index in [1.54, 1.807) is 12.1 Å². The van der Waals surface area contributed by atoms with Crippen LogP contribution in [0.1, 0.15) is 30.0 Å². The van der Waals surface area contributed by atoms with Crippen LogP contribution in [0.4, 0.5) is 0 Å². The first-order valence-corrected chi connectivity index (χ1v) is 10.0. The quantitative estimate of drug-likeness (QED) is 0.635. The Hall–Kier alpha value is -1.67. The number of hydrogen-bond donors (Lipinski definition) is 3. The summed E-state index contributed by atoms with van der Waals surface area (Å²) < 4.78 is 17.0. The molecule has 4 atom stereocenters. The Bertz CT molecular complexity index is 811. The zero-order valence-electron chi connectivity index (χ0n) is 16.5. The van der Waals surface area contributed by atoms with Crippen LogP contribution in [-0.4, -0.2) is 54.0 Å². The van der Waals surface area contributed by atoms with Crippen LogP contribution in [0.25, 0.3) is 0 Å². The number of halogens is 1. The van der Waals surface area contributed by atoms with E-state index in [1.165, 1.54) is 7.11 Å². The van der Waals surface area contributed by atoms with Crippen molar-refractivity contribution in [2.45, 2.75) is 43.9 Å². The molecule has 2 aromatic carbocycles. The summed E-state index contributed by atoms with van der Waals surface area (Å²) in [6, 6.07) is 13.2. The van der Waals surface area contributed by atoms with Gasteiger partial charge in [-0.15, -0.1) is 0 Å². The van der Waals surface area contributed by atoms with Crippen molar-refractivity contribution in [1.82, 2.24) is 0 Å². The van der Waals surface area contributed by atoms with Crippen LogP contribution in [0.5, 0.6) is 5.75 Å². The predicted molar refractivity (Wildman–Crippen MR) is 109 cm³/mol. The molecule has 0 aliphatic carbocycles. The smallest absolute Gasteiger partial charge is 0.197 e. The second-order valence-corrected chi connectivity index (χ2v) is 7.53. The van der Waals surface area contributed by atoms with Crippen molar-refractivity contribution in [2.75, 3.05) is 20.3 Å². The van der Waals surface area contributed by atoms with Crippen LogP contribution in [-0.2, 0) is 21.7 Å². The lowest BCUT2D eigenvalue weighted by Gasteiger charge is -2.44. The molecule has 1 heterocycles. The summed E-state index contributed by atoms with van der Waals surface area (Å²) in [6.45, 7) is 2.12. The second-order valence-electron chi connectivity index (χ2n) is 7.12. The first kappa shape index (κ1) is 22.0. The molecule has 1 fully saturated rings. The molecule has 0 spiro atoms. The topological polar surface area (TPSA) is 88.4 Å². The fourth-order valence-corrected chi connectivity index (χ4v) is 3.81. The fraction of sp³-hybridized carbons (Fsp3) is 0.455. The van der Waals surface area contributed by atoms with E-state index in [-0.39, 0.29) is 6.42 Å². The van der Waals surface area contributed by atoms with Gasteiger partial charge in [-0.05, 0) is 48.7 Å². The third-order valence-electron chi connectivity index (χ3n) is 5.22. The van der Waals surface area contributed by atoms with E-state index in [1.807, 2.05) is 37.3 Å². The van der Waals surface area contributed by atoms with Crippen molar-refractivity contribution in [3.8, 4) is 5.75 Å². The Morgan fingerprint density at radius 3 is 2.52 bits per heavy atom. The van der Waals surface area contributed by atoms with Crippen LogP contribution < -0.4 is 4.74 Å². The number of aliphatic hydroxyl groups is 3. The first-order valence-electron chi connectivity index (χ1n) is 9.63. The van der Waals surface area contributed by atoms with Crippen LogP contribution in [0.15, 0.2) is 42.5 Å². The van der Waals surface area contributed by atoms with Crippen LogP contribution in [0.3, 0.4) is 0 Å². The highest BCUT2D eigenvalue weighted by atomic mass is 35.5.